The van der Waals surface area contributed by atoms with Gasteiger partial charge in [0.05, 0.1) is 6.61 Å². The molecule has 2 atom stereocenters. The molecule has 0 aromatic heterocycles. The second-order valence-electron chi connectivity index (χ2n) is 2.55. The summed E-state index contributed by atoms with van der Waals surface area (Å²) in [6, 6.07) is 0. The zero-order chi connectivity index (χ0) is 10.3. The topological polar surface area (TPSA) is 44.8 Å². The Morgan fingerprint density at radius 3 is 2.31 bits per heavy atom. The van der Waals surface area contributed by atoms with Crippen LogP contribution in [0.15, 0.2) is 0 Å². The van der Waals surface area contributed by atoms with Crippen LogP contribution in [0.1, 0.15) is 27.7 Å². The number of carbonyl (C=O) groups excluding carboxylic acids is 1. The molecule has 13 heavy (non-hydrogen) atoms. The molecule has 0 aromatic carbocycles. The van der Waals surface area contributed by atoms with E-state index >= 15 is 0 Å². The lowest BCUT2D eigenvalue weighted by molar-refractivity contribution is -0.184. The van der Waals surface area contributed by atoms with Gasteiger partial charge in [-0.1, -0.05) is 0 Å². The average molecular weight is 190 g/mol. The first kappa shape index (κ1) is 12.4. The standard InChI is InChI=1S/C9H18O4/c1-5-11-8(4)13-7(3)9(10)12-6-2/h7-8H,5-6H2,1-4H3/t7-,8-/m0/s1. The summed E-state index contributed by atoms with van der Waals surface area (Å²) in [6.07, 6.45) is -0.939. The van der Waals surface area contributed by atoms with Crippen LogP contribution in [-0.4, -0.2) is 31.6 Å². The van der Waals surface area contributed by atoms with Gasteiger partial charge in [-0.05, 0) is 27.7 Å². The van der Waals surface area contributed by atoms with Crippen LogP contribution in [-0.2, 0) is 19.0 Å². The van der Waals surface area contributed by atoms with E-state index in [-0.39, 0.29) is 12.3 Å². The Kier molecular flexibility index (Phi) is 6.54. The van der Waals surface area contributed by atoms with Crippen molar-refractivity contribution in [2.45, 2.75) is 40.1 Å². The molecule has 0 aromatic rings. The zero-order valence-electron chi connectivity index (χ0n) is 8.70. The van der Waals surface area contributed by atoms with Crippen LogP contribution in [0.3, 0.4) is 0 Å². The zero-order valence-corrected chi connectivity index (χ0v) is 8.70. The van der Waals surface area contributed by atoms with E-state index in [2.05, 4.69) is 0 Å². The molecule has 0 spiro atoms. The Hall–Kier alpha value is -0.610. The minimum atomic E-state index is -0.568. The van der Waals surface area contributed by atoms with Crippen molar-refractivity contribution in [3.05, 3.63) is 0 Å². The maximum atomic E-state index is 11.1. The highest BCUT2D eigenvalue weighted by molar-refractivity contribution is 5.74. The molecular weight excluding hydrogens is 172 g/mol. The van der Waals surface area contributed by atoms with E-state index in [0.717, 1.165) is 0 Å². The van der Waals surface area contributed by atoms with E-state index in [9.17, 15) is 4.79 Å². The van der Waals surface area contributed by atoms with Crippen molar-refractivity contribution in [2.75, 3.05) is 13.2 Å². The Labute approximate surface area is 79.2 Å². The predicted molar refractivity (Wildman–Crippen MR) is 48.3 cm³/mol. The van der Waals surface area contributed by atoms with Crippen LogP contribution in [0.2, 0.25) is 0 Å². The molecule has 0 aliphatic carbocycles. The molecule has 0 saturated heterocycles. The van der Waals surface area contributed by atoms with E-state index in [1.807, 2.05) is 6.92 Å². The number of ether oxygens (including phenoxy) is 3. The number of hydrogen-bond donors (Lipinski definition) is 0. The fourth-order valence-electron chi connectivity index (χ4n) is 0.877. The Morgan fingerprint density at radius 1 is 1.23 bits per heavy atom. The highest BCUT2D eigenvalue weighted by Gasteiger charge is 2.17. The Balaban J connectivity index is 3.71. The molecule has 0 aliphatic heterocycles. The van der Waals surface area contributed by atoms with Gasteiger partial charge in [-0.3, -0.25) is 0 Å². The highest BCUT2D eigenvalue weighted by Crippen LogP contribution is 2.01. The third-order valence-electron chi connectivity index (χ3n) is 1.42. The van der Waals surface area contributed by atoms with Crippen molar-refractivity contribution >= 4 is 5.97 Å². The quantitative estimate of drug-likeness (QED) is 0.468. The monoisotopic (exact) mass is 190 g/mol. The summed E-state index contributed by atoms with van der Waals surface area (Å²) >= 11 is 0. The molecule has 0 radical (unpaired) electrons. The normalized spacial score (nSPS) is 15.1. The van der Waals surface area contributed by atoms with Crippen molar-refractivity contribution in [3.63, 3.8) is 0 Å². The van der Waals surface area contributed by atoms with E-state index in [1.165, 1.54) is 0 Å². The summed E-state index contributed by atoms with van der Waals surface area (Å²) in [4.78, 5) is 11.1. The number of esters is 1. The summed E-state index contributed by atoms with van der Waals surface area (Å²) in [5, 5.41) is 0. The fourth-order valence-corrected chi connectivity index (χ4v) is 0.877. The molecule has 0 unspecified atom stereocenters. The number of carbonyl (C=O) groups is 1. The van der Waals surface area contributed by atoms with Crippen LogP contribution in [0, 0.1) is 0 Å². The van der Waals surface area contributed by atoms with Crippen LogP contribution in [0.5, 0.6) is 0 Å². The van der Waals surface area contributed by atoms with Gasteiger partial charge < -0.3 is 14.2 Å². The summed E-state index contributed by atoms with van der Waals surface area (Å²) in [5.41, 5.74) is 0. The van der Waals surface area contributed by atoms with Crippen LogP contribution >= 0.6 is 0 Å². The minimum Gasteiger partial charge on any atom is -0.464 e. The summed E-state index contributed by atoms with van der Waals surface area (Å²) in [5.74, 6) is -0.353. The molecule has 0 saturated carbocycles. The van der Waals surface area contributed by atoms with Gasteiger partial charge >= 0.3 is 5.97 Å². The molecule has 0 bridgehead atoms. The van der Waals surface area contributed by atoms with Crippen molar-refractivity contribution in [1.29, 1.82) is 0 Å². The van der Waals surface area contributed by atoms with Gasteiger partial charge in [-0.25, -0.2) is 4.79 Å². The van der Waals surface area contributed by atoms with Crippen molar-refractivity contribution in [3.8, 4) is 0 Å². The molecule has 0 aliphatic rings. The first-order chi connectivity index (χ1) is 6.11. The molecule has 4 heteroatoms. The van der Waals surface area contributed by atoms with E-state index < -0.39 is 6.10 Å². The van der Waals surface area contributed by atoms with Crippen LogP contribution in [0.4, 0.5) is 0 Å². The maximum Gasteiger partial charge on any atom is 0.335 e. The van der Waals surface area contributed by atoms with Crippen molar-refractivity contribution in [2.24, 2.45) is 0 Å². The first-order valence-electron chi connectivity index (χ1n) is 4.55. The third-order valence-corrected chi connectivity index (χ3v) is 1.42. The van der Waals surface area contributed by atoms with E-state index in [1.54, 1.807) is 20.8 Å². The van der Waals surface area contributed by atoms with E-state index in [4.69, 9.17) is 14.2 Å². The summed E-state index contributed by atoms with van der Waals surface area (Å²) in [7, 11) is 0. The second-order valence-corrected chi connectivity index (χ2v) is 2.55. The molecular formula is C9H18O4. The van der Waals surface area contributed by atoms with Gasteiger partial charge in [0.25, 0.3) is 0 Å². The smallest absolute Gasteiger partial charge is 0.335 e. The number of rotatable bonds is 6. The van der Waals surface area contributed by atoms with Gasteiger partial charge in [-0.15, -0.1) is 0 Å². The summed E-state index contributed by atoms with van der Waals surface area (Å²) < 4.78 is 15.1. The minimum absolute atomic E-state index is 0.353. The molecule has 0 heterocycles. The first-order valence-corrected chi connectivity index (χ1v) is 4.55. The predicted octanol–water partition coefficient (Wildman–Crippen LogP) is 1.34. The lowest BCUT2D eigenvalue weighted by Crippen LogP contribution is -2.28. The average Bonchev–Trinajstić information content (AvgIpc) is 2.05. The SMILES string of the molecule is CCOC(=O)[C@H](C)O[C@@H](C)OCC. The second kappa shape index (κ2) is 6.86. The van der Waals surface area contributed by atoms with Gasteiger partial charge in [0.1, 0.15) is 0 Å². The van der Waals surface area contributed by atoms with Crippen molar-refractivity contribution < 1.29 is 19.0 Å². The third kappa shape index (κ3) is 5.60. The Bertz CT molecular complexity index is 147. The van der Waals surface area contributed by atoms with Crippen molar-refractivity contribution in [1.82, 2.24) is 0 Å². The van der Waals surface area contributed by atoms with Crippen LogP contribution in [0.25, 0.3) is 0 Å². The Morgan fingerprint density at radius 2 is 1.85 bits per heavy atom. The van der Waals surface area contributed by atoms with Gasteiger partial charge in [0.2, 0.25) is 0 Å². The van der Waals surface area contributed by atoms with Gasteiger partial charge in [-0.2, -0.15) is 0 Å². The van der Waals surface area contributed by atoms with Gasteiger partial charge in [0.15, 0.2) is 12.4 Å². The number of hydrogen-bond acceptors (Lipinski definition) is 4. The van der Waals surface area contributed by atoms with Crippen LogP contribution < -0.4 is 0 Å². The van der Waals surface area contributed by atoms with E-state index in [0.29, 0.717) is 13.2 Å². The molecule has 0 rings (SSSR count). The molecule has 0 amide bonds. The maximum absolute atomic E-state index is 11.1. The lowest BCUT2D eigenvalue weighted by Gasteiger charge is -2.17. The highest BCUT2D eigenvalue weighted by atomic mass is 16.7. The fraction of sp³-hybridized carbons (Fsp3) is 0.889. The lowest BCUT2D eigenvalue weighted by atomic mass is 10.4. The molecule has 0 N–H and O–H groups in total. The largest absolute Gasteiger partial charge is 0.464 e. The molecule has 0 fully saturated rings. The molecule has 4 nitrogen and oxygen atoms in total. The van der Waals surface area contributed by atoms with Gasteiger partial charge in [0, 0.05) is 6.61 Å². The summed E-state index contributed by atoms with van der Waals surface area (Å²) in [6.45, 7) is 7.96. The molecule has 78 valence electrons.